The van der Waals surface area contributed by atoms with Gasteiger partial charge in [-0.15, -0.1) is 0 Å². The Morgan fingerprint density at radius 3 is 2.61 bits per heavy atom. The number of benzene rings is 2. The maximum atomic E-state index is 12.9. The molecule has 0 spiro atoms. The summed E-state index contributed by atoms with van der Waals surface area (Å²) in [7, 11) is 0. The summed E-state index contributed by atoms with van der Waals surface area (Å²) in [6.45, 7) is 7.58. The zero-order valence-corrected chi connectivity index (χ0v) is 21.0. The molecule has 2 heterocycles. The van der Waals surface area contributed by atoms with Crippen molar-refractivity contribution in [2.24, 2.45) is 0 Å². The molecule has 0 aromatic heterocycles. The Hall–Kier alpha value is -3.75. The molecule has 1 atom stereocenters. The largest absolute Gasteiger partial charge is 0.457 e. The fraction of sp³-hybridized carbons (Fsp3) is 0.444. The molecule has 2 amide bonds. The topological polar surface area (TPSA) is 97.4 Å². The summed E-state index contributed by atoms with van der Waals surface area (Å²) in [6, 6.07) is 14.8. The zero-order valence-electron chi connectivity index (χ0n) is 21.0. The number of hydrogen-bond donors (Lipinski definition) is 1. The van der Waals surface area contributed by atoms with Gasteiger partial charge in [0, 0.05) is 37.4 Å². The van der Waals surface area contributed by atoms with Crippen LogP contribution < -0.4 is 5.32 Å². The van der Waals surface area contributed by atoms with Crippen molar-refractivity contribution in [2.75, 3.05) is 31.5 Å². The molecule has 9 heteroatoms. The maximum Gasteiger partial charge on any atom is 0.410 e. The quantitative estimate of drug-likeness (QED) is 0.468. The third-order valence-electron chi connectivity index (χ3n) is 6.07. The number of piperazine rings is 1. The molecule has 0 aliphatic carbocycles. The van der Waals surface area contributed by atoms with Crippen molar-refractivity contribution in [2.45, 2.75) is 52.0 Å². The third-order valence-corrected chi connectivity index (χ3v) is 6.07. The first-order valence-corrected chi connectivity index (χ1v) is 12.2. The van der Waals surface area contributed by atoms with E-state index in [0.29, 0.717) is 44.8 Å². The van der Waals surface area contributed by atoms with E-state index < -0.39 is 17.8 Å². The Bertz CT molecular complexity index is 1100. The average molecular weight is 496 g/mol. The number of cyclic esters (lactones) is 1. The van der Waals surface area contributed by atoms with Gasteiger partial charge in [0.25, 0.3) is 0 Å². The lowest BCUT2D eigenvalue weighted by Crippen LogP contribution is -2.57. The van der Waals surface area contributed by atoms with Crippen LogP contribution in [0.1, 0.15) is 48.7 Å². The van der Waals surface area contributed by atoms with E-state index in [4.69, 9.17) is 14.2 Å². The second-order valence-corrected chi connectivity index (χ2v) is 9.98. The highest BCUT2D eigenvalue weighted by atomic mass is 16.6. The smallest absolute Gasteiger partial charge is 0.410 e. The van der Waals surface area contributed by atoms with Crippen LogP contribution in [0.25, 0.3) is 0 Å². The van der Waals surface area contributed by atoms with Crippen LogP contribution in [0.3, 0.4) is 0 Å². The number of amides is 2. The second-order valence-electron chi connectivity index (χ2n) is 9.98. The summed E-state index contributed by atoms with van der Waals surface area (Å²) in [6.07, 6.45) is -0.230. The molecule has 9 nitrogen and oxygen atoms in total. The van der Waals surface area contributed by atoms with E-state index in [9.17, 15) is 14.4 Å². The number of carbonyl (C=O) groups is 3. The van der Waals surface area contributed by atoms with Crippen molar-refractivity contribution in [3.63, 3.8) is 0 Å². The SMILES string of the molecule is CC(C)(C)OC(=O)N1CCN(C(=O)OCc2ccccc2)C[C@H]1CCNc1ccc2c(c1)C(=O)OC2. The van der Waals surface area contributed by atoms with Gasteiger partial charge in [0.05, 0.1) is 11.6 Å². The molecule has 2 aromatic carbocycles. The number of anilines is 1. The summed E-state index contributed by atoms with van der Waals surface area (Å²) >= 11 is 0. The molecule has 0 saturated carbocycles. The van der Waals surface area contributed by atoms with Crippen LogP contribution in [-0.4, -0.2) is 65.8 Å². The van der Waals surface area contributed by atoms with Crippen LogP contribution in [0.2, 0.25) is 0 Å². The van der Waals surface area contributed by atoms with E-state index in [2.05, 4.69) is 5.32 Å². The van der Waals surface area contributed by atoms with Crippen molar-refractivity contribution >= 4 is 23.8 Å². The van der Waals surface area contributed by atoms with Gasteiger partial charge < -0.3 is 29.3 Å². The Morgan fingerprint density at radius 2 is 1.86 bits per heavy atom. The van der Waals surface area contributed by atoms with Crippen molar-refractivity contribution in [1.29, 1.82) is 0 Å². The van der Waals surface area contributed by atoms with Crippen LogP contribution in [0.4, 0.5) is 15.3 Å². The predicted molar refractivity (Wildman–Crippen MR) is 134 cm³/mol. The predicted octanol–water partition coefficient (Wildman–Crippen LogP) is 4.42. The van der Waals surface area contributed by atoms with Crippen molar-refractivity contribution in [3.8, 4) is 0 Å². The average Bonchev–Trinajstić information content (AvgIpc) is 3.22. The van der Waals surface area contributed by atoms with Crippen LogP contribution in [0.15, 0.2) is 48.5 Å². The van der Waals surface area contributed by atoms with Crippen LogP contribution >= 0.6 is 0 Å². The van der Waals surface area contributed by atoms with Gasteiger partial charge in [0.1, 0.15) is 18.8 Å². The Labute approximate surface area is 211 Å². The molecule has 192 valence electrons. The normalized spacial score (nSPS) is 17.3. The van der Waals surface area contributed by atoms with Gasteiger partial charge >= 0.3 is 18.2 Å². The highest BCUT2D eigenvalue weighted by Gasteiger charge is 2.35. The lowest BCUT2D eigenvalue weighted by Gasteiger charge is -2.41. The van der Waals surface area contributed by atoms with Crippen molar-refractivity contribution in [1.82, 2.24) is 9.80 Å². The van der Waals surface area contributed by atoms with Gasteiger partial charge in [-0.3, -0.25) is 0 Å². The summed E-state index contributed by atoms with van der Waals surface area (Å²) in [5, 5.41) is 3.32. The van der Waals surface area contributed by atoms with E-state index in [0.717, 1.165) is 16.8 Å². The lowest BCUT2D eigenvalue weighted by atomic mass is 10.1. The summed E-state index contributed by atoms with van der Waals surface area (Å²) < 4.78 is 16.2. The van der Waals surface area contributed by atoms with E-state index in [-0.39, 0.29) is 18.6 Å². The highest BCUT2D eigenvalue weighted by molar-refractivity contribution is 5.94. The number of ether oxygens (including phenoxy) is 3. The molecule has 2 aliphatic heterocycles. The first-order chi connectivity index (χ1) is 17.2. The number of nitrogens with zero attached hydrogens (tertiary/aromatic N) is 2. The summed E-state index contributed by atoms with van der Waals surface area (Å²) in [5.41, 5.74) is 2.53. The lowest BCUT2D eigenvalue weighted by molar-refractivity contribution is -0.00387. The molecule has 0 unspecified atom stereocenters. The maximum absolute atomic E-state index is 12.9. The van der Waals surface area contributed by atoms with E-state index in [1.54, 1.807) is 15.9 Å². The van der Waals surface area contributed by atoms with Crippen molar-refractivity contribution in [3.05, 3.63) is 65.2 Å². The molecule has 4 rings (SSSR count). The first-order valence-electron chi connectivity index (χ1n) is 12.2. The molecular formula is C27H33N3O6. The molecule has 0 bridgehead atoms. The number of esters is 1. The first kappa shape index (κ1) is 25.3. The summed E-state index contributed by atoms with van der Waals surface area (Å²) in [4.78, 5) is 40.9. The van der Waals surface area contributed by atoms with Gasteiger partial charge in [-0.1, -0.05) is 36.4 Å². The fourth-order valence-corrected chi connectivity index (χ4v) is 4.25. The van der Waals surface area contributed by atoms with Gasteiger partial charge in [-0.25, -0.2) is 14.4 Å². The molecular weight excluding hydrogens is 462 g/mol. The highest BCUT2D eigenvalue weighted by Crippen LogP contribution is 2.24. The van der Waals surface area contributed by atoms with Crippen LogP contribution in [0, 0.1) is 0 Å². The minimum absolute atomic E-state index is 0.193. The third kappa shape index (κ3) is 6.47. The number of carbonyl (C=O) groups excluding carboxylic acids is 3. The Balaban J connectivity index is 1.38. The van der Waals surface area contributed by atoms with Gasteiger partial charge in [0.2, 0.25) is 0 Å². The molecule has 2 aromatic rings. The minimum atomic E-state index is -0.620. The number of hydrogen-bond acceptors (Lipinski definition) is 7. The van der Waals surface area contributed by atoms with Crippen LogP contribution in [-0.2, 0) is 27.4 Å². The van der Waals surface area contributed by atoms with E-state index >= 15 is 0 Å². The molecule has 36 heavy (non-hydrogen) atoms. The van der Waals surface area contributed by atoms with E-state index in [1.165, 1.54) is 0 Å². The number of rotatable bonds is 6. The monoisotopic (exact) mass is 495 g/mol. The number of nitrogens with one attached hydrogen (secondary N) is 1. The molecule has 0 radical (unpaired) electrons. The van der Waals surface area contributed by atoms with Gasteiger partial charge in [0.15, 0.2) is 0 Å². The molecule has 1 fully saturated rings. The fourth-order valence-electron chi connectivity index (χ4n) is 4.25. The van der Waals surface area contributed by atoms with E-state index in [1.807, 2.05) is 63.2 Å². The molecule has 1 N–H and O–H groups in total. The second kappa shape index (κ2) is 10.9. The summed E-state index contributed by atoms with van der Waals surface area (Å²) in [5.74, 6) is -0.318. The Morgan fingerprint density at radius 1 is 1.08 bits per heavy atom. The molecule has 2 aliphatic rings. The molecule has 1 saturated heterocycles. The van der Waals surface area contributed by atoms with Crippen LogP contribution in [0.5, 0.6) is 0 Å². The van der Waals surface area contributed by atoms with Gasteiger partial charge in [-0.2, -0.15) is 0 Å². The number of fused-ring (bicyclic) bond motifs is 1. The van der Waals surface area contributed by atoms with Gasteiger partial charge in [-0.05, 0) is 44.9 Å². The minimum Gasteiger partial charge on any atom is -0.457 e. The Kier molecular flexibility index (Phi) is 7.67. The standard InChI is InChI=1S/C27H33N3O6/c1-27(2,3)36-26(33)30-14-13-29(25(32)35-17-19-7-5-4-6-8-19)16-22(30)11-12-28-21-10-9-20-18-34-24(31)23(20)15-21/h4-10,15,22,28H,11-14,16-18H2,1-3H3/t22-/m1/s1. The van der Waals surface area contributed by atoms with Crippen molar-refractivity contribution < 1.29 is 28.6 Å². The zero-order chi connectivity index (χ0) is 25.7.